The second-order valence-corrected chi connectivity index (χ2v) is 7.86. The van der Waals surface area contributed by atoms with E-state index in [9.17, 15) is 18.4 Å². The number of carbonyl (C=O) groups is 2. The van der Waals surface area contributed by atoms with Gasteiger partial charge in [-0.15, -0.1) is 0 Å². The van der Waals surface area contributed by atoms with Gasteiger partial charge in [-0.05, 0) is 37.3 Å². The molecule has 0 saturated carbocycles. The smallest absolute Gasteiger partial charge is 0.319 e. The van der Waals surface area contributed by atoms with Gasteiger partial charge in [0.2, 0.25) is 11.9 Å². The molecule has 1 saturated heterocycles. The van der Waals surface area contributed by atoms with E-state index in [0.29, 0.717) is 12.5 Å². The Bertz CT molecular complexity index is 859. The van der Waals surface area contributed by atoms with Gasteiger partial charge in [-0.1, -0.05) is 37.5 Å². The Labute approximate surface area is 181 Å². The topological polar surface area (TPSA) is 74.3 Å². The van der Waals surface area contributed by atoms with Crippen LogP contribution in [-0.2, 0) is 0 Å². The largest absolute Gasteiger partial charge is 0.338 e. The van der Waals surface area contributed by atoms with Gasteiger partial charge in [0.25, 0.3) is 5.91 Å². The maximum Gasteiger partial charge on any atom is 0.319 e. The van der Waals surface area contributed by atoms with Gasteiger partial charge in [0.05, 0.1) is 5.69 Å². The third-order valence-electron chi connectivity index (χ3n) is 5.44. The van der Waals surface area contributed by atoms with Crippen molar-refractivity contribution in [1.82, 2.24) is 15.2 Å². The number of urea groups is 1. The van der Waals surface area contributed by atoms with E-state index in [1.807, 2.05) is 35.2 Å². The Balaban J connectivity index is 1.23. The first-order valence-corrected chi connectivity index (χ1v) is 10.7. The van der Waals surface area contributed by atoms with Crippen molar-refractivity contribution >= 4 is 17.6 Å². The lowest BCUT2D eigenvalue weighted by Gasteiger charge is -2.16. The summed E-state index contributed by atoms with van der Waals surface area (Å²) in [5.74, 6) is -1.29. The van der Waals surface area contributed by atoms with Crippen LogP contribution in [0.15, 0.2) is 42.5 Å². The molecule has 1 aromatic heterocycles. The van der Waals surface area contributed by atoms with Crippen LogP contribution in [0.2, 0.25) is 0 Å². The number of anilines is 1. The van der Waals surface area contributed by atoms with Crippen LogP contribution >= 0.6 is 0 Å². The number of nitrogens with one attached hydrogen (secondary N) is 2. The van der Waals surface area contributed by atoms with E-state index in [1.165, 1.54) is 0 Å². The molecule has 1 atom stereocenters. The summed E-state index contributed by atoms with van der Waals surface area (Å²) in [5, 5.41) is 5.06. The standard InChI is InChI=1S/C23H28F2N4O2/c24-20-14-19(15-21(25)28-20)27-23(31)26-12-7-2-1-4-8-17-11-13-29(16-17)22(30)18-9-5-3-6-10-18/h3,5-6,9-10,14-15,17H,1-2,4,7-8,11-13,16H2,(H2,26,27,28,31). The summed E-state index contributed by atoms with van der Waals surface area (Å²) < 4.78 is 26.0. The third-order valence-corrected chi connectivity index (χ3v) is 5.44. The summed E-state index contributed by atoms with van der Waals surface area (Å²) in [5.41, 5.74) is 0.776. The molecule has 1 fully saturated rings. The van der Waals surface area contributed by atoms with Crippen molar-refractivity contribution in [1.29, 1.82) is 0 Å². The van der Waals surface area contributed by atoms with E-state index in [-0.39, 0.29) is 11.6 Å². The Kier molecular flexibility index (Phi) is 8.32. The van der Waals surface area contributed by atoms with Crippen molar-refractivity contribution in [2.24, 2.45) is 5.92 Å². The molecular formula is C23H28F2N4O2. The molecule has 1 unspecified atom stereocenters. The van der Waals surface area contributed by atoms with Gasteiger partial charge in [0.1, 0.15) is 0 Å². The molecule has 1 aliphatic rings. The maximum absolute atomic E-state index is 13.0. The fraction of sp³-hybridized carbons (Fsp3) is 0.435. The number of halogens is 2. The average Bonchev–Trinajstić information content (AvgIpc) is 3.21. The van der Waals surface area contributed by atoms with Gasteiger partial charge in [0.15, 0.2) is 0 Å². The van der Waals surface area contributed by atoms with Crippen LogP contribution in [0.3, 0.4) is 0 Å². The average molecular weight is 430 g/mol. The highest BCUT2D eigenvalue weighted by atomic mass is 19.1. The second kappa shape index (κ2) is 11.4. The molecule has 2 aromatic rings. The molecule has 0 spiro atoms. The lowest BCUT2D eigenvalue weighted by atomic mass is 10.00. The molecule has 1 aromatic carbocycles. The first kappa shape index (κ1) is 22.7. The molecule has 2 heterocycles. The summed E-state index contributed by atoms with van der Waals surface area (Å²) >= 11 is 0. The molecule has 166 valence electrons. The molecule has 2 N–H and O–H groups in total. The molecule has 0 radical (unpaired) electrons. The van der Waals surface area contributed by atoms with Crippen molar-refractivity contribution in [2.45, 2.75) is 38.5 Å². The summed E-state index contributed by atoms with van der Waals surface area (Å²) in [7, 11) is 0. The predicted molar refractivity (Wildman–Crippen MR) is 115 cm³/mol. The minimum absolute atomic E-state index is 0.0267. The maximum atomic E-state index is 13.0. The first-order chi connectivity index (χ1) is 15.0. The number of aromatic nitrogens is 1. The van der Waals surface area contributed by atoms with Crippen LogP contribution in [0, 0.1) is 17.8 Å². The van der Waals surface area contributed by atoms with Crippen molar-refractivity contribution in [2.75, 3.05) is 25.0 Å². The highest BCUT2D eigenvalue weighted by Crippen LogP contribution is 2.23. The molecule has 0 bridgehead atoms. The lowest BCUT2D eigenvalue weighted by molar-refractivity contribution is 0.0786. The highest BCUT2D eigenvalue weighted by molar-refractivity contribution is 5.94. The third kappa shape index (κ3) is 7.31. The van der Waals surface area contributed by atoms with Crippen LogP contribution in [0.4, 0.5) is 19.3 Å². The summed E-state index contributed by atoms with van der Waals surface area (Å²) in [6.45, 7) is 2.14. The number of pyridine rings is 1. The van der Waals surface area contributed by atoms with E-state index >= 15 is 0 Å². The van der Waals surface area contributed by atoms with E-state index in [1.54, 1.807) is 0 Å². The van der Waals surface area contributed by atoms with Gasteiger partial charge in [-0.3, -0.25) is 4.79 Å². The van der Waals surface area contributed by atoms with Gasteiger partial charge in [-0.2, -0.15) is 13.8 Å². The van der Waals surface area contributed by atoms with Gasteiger partial charge in [-0.25, -0.2) is 4.79 Å². The van der Waals surface area contributed by atoms with Crippen LogP contribution < -0.4 is 10.6 Å². The summed E-state index contributed by atoms with van der Waals surface area (Å²) in [6, 6.07) is 10.8. The van der Waals surface area contributed by atoms with Crippen LogP contribution in [0.5, 0.6) is 0 Å². The van der Waals surface area contributed by atoms with Crippen molar-refractivity contribution in [3.63, 3.8) is 0 Å². The number of carbonyl (C=O) groups excluding carboxylic acids is 2. The first-order valence-electron chi connectivity index (χ1n) is 10.7. The quantitative estimate of drug-likeness (QED) is 0.451. The number of benzene rings is 1. The number of hydrogen-bond donors (Lipinski definition) is 2. The zero-order valence-electron chi connectivity index (χ0n) is 17.4. The van der Waals surface area contributed by atoms with Crippen LogP contribution in [0.1, 0.15) is 48.9 Å². The fourth-order valence-electron chi connectivity index (χ4n) is 3.84. The monoisotopic (exact) mass is 430 g/mol. The number of nitrogens with zero attached hydrogens (tertiary/aromatic N) is 2. The van der Waals surface area contributed by atoms with Gasteiger partial charge >= 0.3 is 6.03 Å². The molecule has 8 heteroatoms. The van der Waals surface area contributed by atoms with E-state index in [0.717, 1.165) is 69.3 Å². The minimum Gasteiger partial charge on any atom is -0.338 e. The van der Waals surface area contributed by atoms with Gasteiger partial charge in [0, 0.05) is 37.3 Å². The van der Waals surface area contributed by atoms with E-state index in [2.05, 4.69) is 15.6 Å². The van der Waals surface area contributed by atoms with Crippen molar-refractivity contribution in [3.05, 3.63) is 59.9 Å². The Morgan fingerprint density at radius 2 is 1.74 bits per heavy atom. The SMILES string of the molecule is O=C(NCCCCCCC1CCN(C(=O)c2ccccc2)C1)Nc1cc(F)nc(F)c1. The Morgan fingerprint density at radius 1 is 1.03 bits per heavy atom. The van der Waals surface area contributed by atoms with Gasteiger partial charge < -0.3 is 15.5 Å². The normalized spacial score (nSPS) is 15.7. The Morgan fingerprint density at radius 3 is 2.48 bits per heavy atom. The number of hydrogen-bond acceptors (Lipinski definition) is 3. The number of amides is 3. The molecule has 6 nitrogen and oxygen atoms in total. The van der Waals surface area contributed by atoms with Crippen LogP contribution in [-0.4, -0.2) is 41.5 Å². The van der Waals surface area contributed by atoms with E-state index < -0.39 is 17.9 Å². The second-order valence-electron chi connectivity index (χ2n) is 7.86. The number of unbranched alkanes of at least 4 members (excludes halogenated alkanes) is 3. The van der Waals surface area contributed by atoms with Crippen molar-refractivity contribution < 1.29 is 18.4 Å². The predicted octanol–water partition coefficient (Wildman–Crippen LogP) is 4.59. The summed E-state index contributed by atoms with van der Waals surface area (Å²) in [4.78, 5) is 29.2. The molecule has 3 amide bonds. The number of rotatable bonds is 9. The minimum atomic E-state index is -0.981. The molecule has 1 aliphatic heterocycles. The van der Waals surface area contributed by atoms with Crippen LogP contribution in [0.25, 0.3) is 0 Å². The highest BCUT2D eigenvalue weighted by Gasteiger charge is 2.26. The molecule has 0 aliphatic carbocycles. The van der Waals surface area contributed by atoms with Crippen molar-refractivity contribution in [3.8, 4) is 0 Å². The van der Waals surface area contributed by atoms with E-state index in [4.69, 9.17) is 0 Å². The zero-order valence-corrected chi connectivity index (χ0v) is 17.4. The molecule has 31 heavy (non-hydrogen) atoms. The molecule has 3 rings (SSSR count). The fourth-order valence-corrected chi connectivity index (χ4v) is 3.84. The lowest BCUT2D eigenvalue weighted by Crippen LogP contribution is -2.29. The summed E-state index contributed by atoms with van der Waals surface area (Å²) in [6.07, 6.45) is 6.13. The number of likely N-dealkylation sites (tertiary alicyclic amines) is 1. The Hall–Kier alpha value is -3.03. The zero-order chi connectivity index (χ0) is 22.1. The molecular weight excluding hydrogens is 402 g/mol.